The van der Waals surface area contributed by atoms with Crippen molar-refractivity contribution in [3.05, 3.63) is 0 Å². The quantitative estimate of drug-likeness (QED) is 0.578. The summed E-state index contributed by atoms with van der Waals surface area (Å²) in [6.45, 7) is 2.90. The van der Waals surface area contributed by atoms with Crippen molar-refractivity contribution < 1.29 is 9.90 Å². The van der Waals surface area contributed by atoms with Crippen LogP contribution in [0.4, 0.5) is 0 Å². The van der Waals surface area contributed by atoms with Gasteiger partial charge in [0, 0.05) is 0 Å². The van der Waals surface area contributed by atoms with Gasteiger partial charge in [-0.3, -0.25) is 9.69 Å². The zero-order chi connectivity index (χ0) is 7.72. The molecule has 10 heavy (non-hydrogen) atoms. The minimum atomic E-state index is -0.687. The first-order chi connectivity index (χ1) is 4.63. The predicted octanol–water partition coefficient (Wildman–Crippen LogP) is 0.411. The molecular weight excluding hydrogens is 130 g/mol. The lowest BCUT2D eigenvalue weighted by molar-refractivity contribution is -0.142. The van der Waals surface area contributed by atoms with E-state index >= 15 is 0 Å². The number of hydrogen-bond donors (Lipinski definition) is 1. The van der Waals surface area contributed by atoms with E-state index in [0.717, 1.165) is 13.0 Å². The molecule has 1 rings (SSSR count). The van der Waals surface area contributed by atoms with Gasteiger partial charge in [0.15, 0.2) is 0 Å². The first kappa shape index (κ1) is 7.54. The van der Waals surface area contributed by atoms with E-state index in [9.17, 15) is 4.79 Å². The van der Waals surface area contributed by atoms with E-state index < -0.39 is 5.97 Å². The Labute approximate surface area is 60.6 Å². The van der Waals surface area contributed by atoms with Gasteiger partial charge in [-0.2, -0.15) is 0 Å². The molecule has 0 aromatic rings. The van der Waals surface area contributed by atoms with Crippen LogP contribution in [-0.2, 0) is 4.79 Å². The van der Waals surface area contributed by atoms with Crippen molar-refractivity contribution >= 4 is 5.97 Å². The second-order valence-electron chi connectivity index (χ2n) is 3.03. The van der Waals surface area contributed by atoms with Crippen LogP contribution in [0.25, 0.3) is 0 Å². The Hall–Kier alpha value is -0.570. The van der Waals surface area contributed by atoms with E-state index in [0.29, 0.717) is 5.92 Å². The summed E-state index contributed by atoms with van der Waals surface area (Å²) in [5, 5.41) is 8.71. The smallest absolute Gasteiger partial charge is 0.321 e. The number of nitrogens with zero attached hydrogens (tertiary/aromatic N) is 1. The van der Waals surface area contributed by atoms with Gasteiger partial charge in [0.1, 0.15) is 6.04 Å². The molecule has 0 bridgehead atoms. The molecule has 0 aromatic heterocycles. The van der Waals surface area contributed by atoms with Gasteiger partial charge in [0.25, 0.3) is 0 Å². The first-order valence-corrected chi connectivity index (χ1v) is 3.56. The highest BCUT2D eigenvalue weighted by molar-refractivity contribution is 5.74. The minimum absolute atomic E-state index is 0.250. The van der Waals surface area contributed by atoms with Crippen molar-refractivity contribution in [2.45, 2.75) is 19.4 Å². The monoisotopic (exact) mass is 143 g/mol. The summed E-state index contributed by atoms with van der Waals surface area (Å²) in [5.74, 6) is -0.380. The van der Waals surface area contributed by atoms with Crippen molar-refractivity contribution in [2.75, 3.05) is 13.6 Å². The topological polar surface area (TPSA) is 40.5 Å². The van der Waals surface area contributed by atoms with E-state index in [-0.39, 0.29) is 6.04 Å². The Bertz CT molecular complexity index is 137. The van der Waals surface area contributed by atoms with Crippen LogP contribution in [0.3, 0.4) is 0 Å². The Morgan fingerprint density at radius 2 is 2.30 bits per heavy atom. The number of carbonyl (C=O) groups is 1. The number of likely N-dealkylation sites (N-methyl/N-ethyl adjacent to an activating group) is 1. The number of rotatable bonds is 1. The average Bonchev–Trinajstić information content (AvgIpc) is 2.11. The fourth-order valence-electron chi connectivity index (χ4n) is 1.57. The molecule has 1 saturated heterocycles. The van der Waals surface area contributed by atoms with E-state index in [4.69, 9.17) is 5.11 Å². The fraction of sp³-hybridized carbons (Fsp3) is 0.857. The molecule has 1 aliphatic rings. The standard InChI is InChI=1S/C7H13NO2/c1-5-3-4-8(2)6(5)7(9)10/h5-6H,3-4H2,1-2H3,(H,9,10). The van der Waals surface area contributed by atoms with Gasteiger partial charge in [-0.15, -0.1) is 0 Å². The Morgan fingerprint density at radius 1 is 1.70 bits per heavy atom. The maximum absolute atomic E-state index is 10.6. The van der Waals surface area contributed by atoms with Crippen LogP contribution in [-0.4, -0.2) is 35.6 Å². The lowest BCUT2D eigenvalue weighted by Crippen LogP contribution is -2.35. The molecule has 1 N–H and O–H groups in total. The van der Waals surface area contributed by atoms with Crippen LogP contribution in [0.2, 0.25) is 0 Å². The van der Waals surface area contributed by atoms with Gasteiger partial charge in [-0.25, -0.2) is 0 Å². The average molecular weight is 143 g/mol. The lowest BCUT2D eigenvalue weighted by atomic mass is 10.0. The van der Waals surface area contributed by atoms with E-state index in [1.165, 1.54) is 0 Å². The summed E-state index contributed by atoms with van der Waals surface area (Å²) in [4.78, 5) is 12.5. The molecule has 1 fully saturated rings. The maximum Gasteiger partial charge on any atom is 0.321 e. The molecule has 0 radical (unpaired) electrons. The van der Waals surface area contributed by atoms with Crippen molar-refractivity contribution in [2.24, 2.45) is 5.92 Å². The third kappa shape index (κ3) is 1.14. The summed E-state index contributed by atoms with van der Waals surface area (Å²) in [6, 6.07) is -0.250. The van der Waals surface area contributed by atoms with Crippen LogP contribution < -0.4 is 0 Å². The largest absolute Gasteiger partial charge is 0.480 e. The lowest BCUT2D eigenvalue weighted by Gasteiger charge is -2.17. The minimum Gasteiger partial charge on any atom is -0.480 e. The third-order valence-corrected chi connectivity index (χ3v) is 2.20. The van der Waals surface area contributed by atoms with Crippen molar-refractivity contribution in [1.29, 1.82) is 0 Å². The number of carboxylic acid groups (broad SMARTS) is 1. The summed E-state index contributed by atoms with van der Waals surface area (Å²) in [7, 11) is 1.86. The molecule has 1 heterocycles. The first-order valence-electron chi connectivity index (χ1n) is 3.56. The number of likely N-dealkylation sites (tertiary alicyclic amines) is 1. The highest BCUT2D eigenvalue weighted by atomic mass is 16.4. The van der Waals surface area contributed by atoms with E-state index in [2.05, 4.69) is 0 Å². The second kappa shape index (κ2) is 2.58. The van der Waals surface area contributed by atoms with Crippen LogP contribution in [0.5, 0.6) is 0 Å². The second-order valence-corrected chi connectivity index (χ2v) is 3.03. The zero-order valence-electron chi connectivity index (χ0n) is 6.37. The van der Waals surface area contributed by atoms with Crippen molar-refractivity contribution in [3.8, 4) is 0 Å². The molecule has 1 aliphatic heterocycles. The zero-order valence-corrected chi connectivity index (χ0v) is 6.37. The Morgan fingerprint density at radius 3 is 2.50 bits per heavy atom. The fourth-order valence-corrected chi connectivity index (χ4v) is 1.57. The van der Waals surface area contributed by atoms with Gasteiger partial charge >= 0.3 is 5.97 Å². The van der Waals surface area contributed by atoms with Crippen LogP contribution in [0.1, 0.15) is 13.3 Å². The summed E-state index contributed by atoms with van der Waals surface area (Å²) >= 11 is 0. The summed E-state index contributed by atoms with van der Waals surface area (Å²) in [5.41, 5.74) is 0. The summed E-state index contributed by atoms with van der Waals surface area (Å²) < 4.78 is 0. The summed E-state index contributed by atoms with van der Waals surface area (Å²) in [6.07, 6.45) is 1.01. The van der Waals surface area contributed by atoms with Crippen LogP contribution >= 0.6 is 0 Å². The van der Waals surface area contributed by atoms with Gasteiger partial charge in [-0.1, -0.05) is 6.92 Å². The predicted molar refractivity (Wildman–Crippen MR) is 37.8 cm³/mol. The maximum atomic E-state index is 10.6. The SMILES string of the molecule is CC1CCN(C)C1C(=O)O. The van der Waals surface area contributed by atoms with Crippen LogP contribution in [0.15, 0.2) is 0 Å². The normalized spacial score (nSPS) is 34.6. The molecule has 0 saturated carbocycles. The van der Waals surface area contributed by atoms with E-state index in [1.54, 1.807) is 0 Å². The molecule has 2 atom stereocenters. The molecule has 58 valence electrons. The molecule has 0 spiro atoms. The van der Waals surface area contributed by atoms with E-state index in [1.807, 2.05) is 18.9 Å². The molecule has 3 heteroatoms. The number of carboxylic acids is 1. The molecule has 0 aromatic carbocycles. The Balaban J connectivity index is 2.63. The van der Waals surface area contributed by atoms with Crippen LogP contribution in [0, 0.1) is 5.92 Å². The molecule has 2 unspecified atom stereocenters. The van der Waals surface area contributed by atoms with Crippen molar-refractivity contribution in [3.63, 3.8) is 0 Å². The molecule has 0 amide bonds. The van der Waals surface area contributed by atoms with Gasteiger partial charge in [0.05, 0.1) is 0 Å². The van der Waals surface area contributed by atoms with Crippen molar-refractivity contribution in [1.82, 2.24) is 4.90 Å². The Kier molecular flexibility index (Phi) is 1.94. The van der Waals surface area contributed by atoms with Gasteiger partial charge in [0.2, 0.25) is 0 Å². The molecule has 0 aliphatic carbocycles. The molecule has 3 nitrogen and oxygen atoms in total. The highest BCUT2D eigenvalue weighted by Crippen LogP contribution is 2.21. The molecular formula is C7H13NO2. The third-order valence-electron chi connectivity index (χ3n) is 2.20. The van der Waals surface area contributed by atoms with Gasteiger partial charge < -0.3 is 5.11 Å². The number of hydrogen-bond acceptors (Lipinski definition) is 2. The van der Waals surface area contributed by atoms with Gasteiger partial charge in [-0.05, 0) is 25.9 Å². The highest BCUT2D eigenvalue weighted by Gasteiger charge is 2.33. The number of aliphatic carboxylic acids is 1.